The van der Waals surface area contributed by atoms with E-state index in [0.29, 0.717) is 5.82 Å². The predicted octanol–water partition coefficient (Wildman–Crippen LogP) is 1.92. The quantitative estimate of drug-likeness (QED) is 0.869. The van der Waals surface area contributed by atoms with Crippen molar-refractivity contribution in [3.63, 3.8) is 0 Å². The lowest BCUT2D eigenvalue weighted by Gasteiger charge is -2.38. The van der Waals surface area contributed by atoms with Crippen molar-refractivity contribution in [3.05, 3.63) is 23.9 Å². The summed E-state index contributed by atoms with van der Waals surface area (Å²) in [6.45, 7) is 5.19. The van der Waals surface area contributed by atoms with Gasteiger partial charge in [-0.05, 0) is 50.5 Å². The number of carboxylic acid groups (broad SMARTS) is 1. The molecule has 0 unspecified atom stereocenters. The van der Waals surface area contributed by atoms with E-state index in [-0.39, 0.29) is 11.0 Å². The standard InChI is InChI=1S/C14H21N3O2/c1-14(5-8-17(2)9-6-14)10-16-12-11(13(18)19)4-3-7-15-12/h3-4,7H,5-6,8-10H2,1-2H3,(H,15,16)(H,18,19). The summed E-state index contributed by atoms with van der Waals surface area (Å²) in [6.07, 6.45) is 3.85. The number of pyridine rings is 1. The molecule has 1 fully saturated rings. The Kier molecular flexibility index (Phi) is 4.04. The molecule has 19 heavy (non-hydrogen) atoms. The highest BCUT2D eigenvalue weighted by Gasteiger charge is 2.29. The number of likely N-dealkylation sites (tertiary alicyclic amines) is 1. The second-order valence-electron chi connectivity index (χ2n) is 5.67. The maximum atomic E-state index is 11.1. The second kappa shape index (κ2) is 5.57. The van der Waals surface area contributed by atoms with Crippen molar-refractivity contribution in [2.45, 2.75) is 19.8 Å². The van der Waals surface area contributed by atoms with Gasteiger partial charge in [-0.2, -0.15) is 0 Å². The molecule has 2 heterocycles. The lowest BCUT2D eigenvalue weighted by atomic mass is 9.80. The SMILES string of the molecule is CN1CCC(C)(CNc2ncccc2C(=O)O)CC1. The van der Waals surface area contributed by atoms with Crippen LogP contribution in [0.25, 0.3) is 0 Å². The molecule has 0 bridgehead atoms. The maximum Gasteiger partial charge on any atom is 0.339 e. The van der Waals surface area contributed by atoms with E-state index >= 15 is 0 Å². The molecule has 1 aliphatic heterocycles. The van der Waals surface area contributed by atoms with Crippen LogP contribution in [0.4, 0.5) is 5.82 Å². The molecule has 104 valence electrons. The van der Waals surface area contributed by atoms with Gasteiger partial charge >= 0.3 is 5.97 Å². The Morgan fingerprint density at radius 1 is 1.53 bits per heavy atom. The van der Waals surface area contributed by atoms with Gasteiger partial charge in [0.05, 0.1) is 0 Å². The second-order valence-corrected chi connectivity index (χ2v) is 5.67. The predicted molar refractivity (Wildman–Crippen MR) is 74.5 cm³/mol. The Hall–Kier alpha value is -1.62. The monoisotopic (exact) mass is 263 g/mol. The van der Waals surface area contributed by atoms with Gasteiger partial charge in [0, 0.05) is 12.7 Å². The van der Waals surface area contributed by atoms with Crippen molar-refractivity contribution in [2.24, 2.45) is 5.41 Å². The van der Waals surface area contributed by atoms with Crippen molar-refractivity contribution in [1.29, 1.82) is 0 Å². The van der Waals surface area contributed by atoms with Crippen LogP contribution in [0.2, 0.25) is 0 Å². The maximum absolute atomic E-state index is 11.1. The number of aromatic carboxylic acids is 1. The summed E-state index contributed by atoms with van der Waals surface area (Å²) in [5.74, 6) is -0.473. The summed E-state index contributed by atoms with van der Waals surface area (Å²) in [6, 6.07) is 3.22. The van der Waals surface area contributed by atoms with Crippen LogP contribution in [0.15, 0.2) is 18.3 Å². The molecule has 0 aliphatic carbocycles. The highest BCUT2D eigenvalue weighted by molar-refractivity contribution is 5.92. The molecule has 0 saturated carbocycles. The summed E-state index contributed by atoms with van der Waals surface area (Å²) in [4.78, 5) is 17.6. The zero-order chi connectivity index (χ0) is 13.9. The number of anilines is 1. The Bertz CT molecular complexity index is 454. The van der Waals surface area contributed by atoms with Gasteiger partial charge in [0.15, 0.2) is 0 Å². The smallest absolute Gasteiger partial charge is 0.339 e. The van der Waals surface area contributed by atoms with Crippen LogP contribution in [0, 0.1) is 5.41 Å². The fraction of sp³-hybridized carbons (Fsp3) is 0.571. The molecule has 1 aliphatic rings. The molecule has 1 aromatic rings. The first-order chi connectivity index (χ1) is 9.00. The number of carbonyl (C=O) groups is 1. The lowest BCUT2D eigenvalue weighted by molar-refractivity contribution is 0.0697. The molecule has 0 radical (unpaired) electrons. The largest absolute Gasteiger partial charge is 0.478 e. The van der Waals surface area contributed by atoms with Crippen LogP contribution < -0.4 is 5.32 Å². The number of piperidine rings is 1. The fourth-order valence-corrected chi connectivity index (χ4v) is 2.35. The van der Waals surface area contributed by atoms with Gasteiger partial charge in [0.1, 0.15) is 11.4 Å². The third-order valence-corrected chi connectivity index (χ3v) is 3.91. The van der Waals surface area contributed by atoms with Crippen LogP contribution >= 0.6 is 0 Å². The number of carboxylic acids is 1. The molecular formula is C14H21N3O2. The number of aromatic nitrogens is 1. The average Bonchev–Trinajstić information content (AvgIpc) is 2.41. The highest BCUT2D eigenvalue weighted by Crippen LogP contribution is 2.30. The van der Waals surface area contributed by atoms with Crippen LogP contribution in [-0.4, -0.2) is 47.6 Å². The Morgan fingerprint density at radius 2 is 2.21 bits per heavy atom. The molecule has 0 aromatic carbocycles. The van der Waals surface area contributed by atoms with E-state index in [9.17, 15) is 4.79 Å². The summed E-state index contributed by atoms with van der Waals surface area (Å²) >= 11 is 0. The van der Waals surface area contributed by atoms with Crippen molar-refractivity contribution >= 4 is 11.8 Å². The van der Waals surface area contributed by atoms with Gasteiger partial charge in [-0.25, -0.2) is 9.78 Å². The summed E-state index contributed by atoms with van der Waals surface area (Å²) in [7, 11) is 2.13. The molecule has 2 N–H and O–H groups in total. The van der Waals surface area contributed by atoms with Crippen LogP contribution in [0.3, 0.4) is 0 Å². The Labute approximate surface area is 113 Å². The molecular weight excluding hydrogens is 242 g/mol. The minimum Gasteiger partial charge on any atom is -0.478 e. The molecule has 5 heteroatoms. The van der Waals surface area contributed by atoms with Crippen molar-refractivity contribution in [1.82, 2.24) is 9.88 Å². The van der Waals surface area contributed by atoms with E-state index in [4.69, 9.17) is 5.11 Å². The molecule has 0 atom stereocenters. The van der Waals surface area contributed by atoms with Gasteiger partial charge in [-0.3, -0.25) is 0 Å². The molecule has 1 saturated heterocycles. The topological polar surface area (TPSA) is 65.5 Å². The average molecular weight is 263 g/mol. The van der Waals surface area contributed by atoms with E-state index in [0.717, 1.165) is 32.5 Å². The minimum atomic E-state index is -0.941. The first-order valence-electron chi connectivity index (χ1n) is 6.61. The van der Waals surface area contributed by atoms with Crippen LogP contribution in [0.5, 0.6) is 0 Å². The summed E-state index contributed by atoms with van der Waals surface area (Å²) < 4.78 is 0. The molecule has 0 amide bonds. The van der Waals surface area contributed by atoms with Gasteiger partial charge in [0.25, 0.3) is 0 Å². The molecule has 1 aromatic heterocycles. The summed E-state index contributed by atoms with van der Waals surface area (Å²) in [5.41, 5.74) is 0.443. The van der Waals surface area contributed by atoms with E-state index in [1.54, 1.807) is 18.3 Å². The highest BCUT2D eigenvalue weighted by atomic mass is 16.4. The molecule has 5 nitrogen and oxygen atoms in total. The number of nitrogens with one attached hydrogen (secondary N) is 1. The van der Waals surface area contributed by atoms with Crippen LogP contribution in [0.1, 0.15) is 30.1 Å². The van der Waals surface area contributed by atoms with Gasteiger partial charge in [0.2, 0.25) is 0 Å². The summed E-state index contributed by atoms with van der Waals surface area (Å²) in [5, 5.41) is 12.3. The number of hydrogen-bond acceptors (Lipinski definition) is 4. The van der Waals surface area contributed by atoms with Gasteiger partial charge in [-0.1, -0.05) is 6.92 Å². The minimum absolute atomic E-state index is 0.208. The number of rotatable bonds is 4. The first-order valence-corrected chi connectivity index (χ1v) is 6.61. The van der Waals surface area contributed by atoms with Crippen molar-refractivity contribution < 1.29 is 9.90 Å². The zero-order valence-corrected chi connectivity index (χ0v) is 11.5. The van der Waals surface area contributed by atoms with E-state index < -0.39 is 5.97 Å². The Morgan fingerprint density at radius 3 is 2.84 bits per heavy atom. The van der Waals surface area contributed by atoms with E-state index in [1.807, 2.05) is 0 Å². The molecule has 2 rings (SSSR count). The Balaban J connectivity index is 2.01. The third kappa shape index (κ3) is 3.44. The number of hydrogen-bond donors (Lipinski definition) is 2. The normalized spacial score (nSPS) is 19.1. The van der Waals surface area contributed by atoms with Gasteiger partial charge < -0.3 is 15.3 Å². The molecule has 0 spiro atoms. The van der Waals surface area contributed by atoms with Gasteiger partial charge in [-0.15, -0.1) is 0 Å². The van der Waals surface area contributed by atoms with E-state index in [1.165, 1.54) is 0 Å². The first kappa shape index (κ1) is 13.8. The third-order valence-electron chi connectivity index (χ3n) is 3.91. The van der Waals surface area contributed by atoms with Crippen LogP contribution in [-0.2, 0) is 0 Å². The lowest BCUT2D eigenvalue weighted by Crippen LogP contribution is -2.40. The van der Waals surface area contributed by atoms with Crippen molar-refractivity contribution in [3.8, 4) is 0 Å². The fourth-order valence-electron chi connectivity index (χ4n) is 2.35. The zero-order valence-electron chi connectivity index (χ0n) is 11.5. The van der Waals surface area contributed by atoms with E-state index in [2.05, 4.69) is 29.2 Å². The number of nitrogens with zero attached hydrogens (tertiary/aromatic N) is 2. The van der Waals surface area contributed by atoms with Crippen molar-refractivity contribution in [2.75, 3.05) is 32.0 Å².